The Morgan fingerprint density at radius 2 is 1.66 bits per heavy atom. The van der Waals surface area contributed by atoms with Crippen molar-refractivity contribution >= 4 is 15.9 Å². The number of halogens is 1. The molecule has 32 heavy (non-hydrogen) atoms. The van der Waals surface area contributed by atoms with Gasteiger partial charge in [-0.2, -0.15) is 0 Å². The van der Waals surface area contributed by atoms with Gasteiger partial charge in [0.2, 0.25) is 0 Å². The van der Waals surface area contributed by atoms with Gasteiger partial charge >= 0.3 is 0 Å². The van der Waals surface area contributed by atoms with E-state index < -0.39 is 0 Å². The smallest absolute Gasteiger partial charge is 0.0162 e. The third-order valence-electron chi connectivity index (χ3n) is 9.71. The zero-order chi connectivity index (χ0) is 21.3. The van der Waals surface area contributed by atoms with Gasteiger partial charge in [0.25, 0.3) is 0 Å². The number of allylic oxidation sites excluding steroid dienone is 16. The average molecular weight is 486 g/mol. The number of hydrogen-bond donors (Lipinski definition) is 0. The lowest BCUT2D eigenvalue weighted by molar-refractivity contribution is 0.156. The van der Waals surface area contributed by atoms with E-state index >= 15 is 0 Å². The Bertz CT molecular complexity index is 1100. The largest absolute Gasteiger partial charge is 0.0839 e. The first kappa shape index (κ1) is 19.8. The average Bonchev–Trinajstić information content (AvgIpc) is 3.31. The monoisotopic (exact) mass is 484 g/mol. The summed E-state index contributed by atoms with van der Waals surface area (Å²) in [6, 6.07) is 0. The van der Waals surface area contributed by atoms with Gasteiger partial charge in [-0.3, -0.25) is 0 Å². The SMILES string of the molecule is BrC1=CC2C(C=C1)C1C=CC(C3=CCCCC3)=CC1C21C2=C(CCC=C2)C2=CCCCC21. The molecule has 6 atom stereocenters. The van der Waals surface area contributed by atoms with Crippen LogP contribution in [0.2, 0.25) is 0 Å². The summed E-state index contributed by atoms with van der Waals surface area (Å²) in [6.07, 6.45) is 37.3. The van der Waals surface area contributed by atoms with Gasteiger partial charge in [0, 0.05) is 9.90 Å². The Labute approximate surface area is 201 Å². The van der Waals surface area contributed by atoms with Gasteiger partial charge in [0.1, 0.15) is 0 Å². The molecule has 0 aromatic carbocycles. The van der Waals surface area contributed by atoms with Crippen LogP contribution in [0.25, 0.3) is 0 Å². The standard InChI is InChI=1S/C31H33Br/c32-22-15-17-26-25-16-14-21(20-8-2-1-3-9-20)18-29(25)31(30(26)19-22)27-12-6-4-10-23(27)24-11-5-7-13-28(24)31/h6,8,11-12,14-19,25-26,28-30H,1-5,7,9-10,13H2. The molecule has 0 aromatic heterocycles. The summed E-state index contributed by atoms with van der Waals surface area (Å²) in [7, 11) is 0. The number of rotatable bonds is 1. The summed E-state index contributed by atoms with van der Waals surface area (Å²) < 4.78 is 1.29. The van der Waals surface area contributed by atoms with Gasteiger partial charge in [-0.25, -0.2) is 0 Å². The van der Waals surface area contributed by atoms with Gasteiger partial charge < -0.3 is 0 Å². The van der Waals surface area contributed by atoms with E-state index in [9.17, 15) is 0 Å². The Kier molecular flexibility index (Phi) is 4.62. The second-order valence-corrected chi connectivity index (χ2v) is 11.9. The Morgan fingerprint density at radius 3 is 2.53 bits per heavy atom. The van der Waals surface area contributed by atoms with E-state index in [-0.39, 0.29) is 5.41 Å². The molecule has 1 fully saturated rings. The minimum atomic E-state index is 0.225. The lowest BCUT2D eigenvalue weighted by Crippen LogP contribution is -2.40. The molecule has 0 saturated heterocycles. The molecule has 0 nitrogen and oxygen atoms in total. The van der Waals surface area contributed by atoms with Crippen molar-refractivity contribution in [2.75, 3.05) is 0 Å². The van der Waals surface area contributed by atoms with Gasteiger partial charge in [0.05, 0.1) is 0 Å². The van der Waals surface area contributed by atoms with E-state index in [1.54, 1.807) is 27.9 Å². The quantitative estimate of drug-likeness (QED) is 0.349. The second kappa shape index (κ2) is 7.45. The molecule has 1 saturated carbocycles. The predicted octanol–water partition coefficient (Wildman–Crippen LogP) is 8.68. The van der Waals surface area contributed by atoms with Crippen molar-refractivity contribution in [2.24, 2.45) is 35.0 Å². The summed E-state index contributed by atoms with van der Waals surface area (Å²) >= 11 is 3.89. The highest BCUT2D eigenvalue weighted by atomic mass is 79.9. The highest BCUT2D eigenvalue weighted by molar-refractivity contribution is 9.11. The molecule has 1 spiro atoms. The molecule has 0 N–H and O–H groups in total. The molecule has 0 heterocycles. The summed E-state index contributed by atoms with van der Waals surface area (Å²) in [6.45, 7) is 0. The molecule has 0 aliphatic heterocycles. The maximum Gasteiger partial charge on any atom is 0.0162 e. The molecule has 0 amide bonds. The van der Waals surface area contributed by atoms with Crippen molar-refractivity contribution in [3.63, 3.8) is 0 Å². The maximum atomic E-state index is 3.89. The zero-order valence-electron chi connectivity index (χ0n) is 18.9. The Morgan fingerprint density at radius 1 is 0.812 bits per heavy atom. The molecular weight excluding hydrogens is 452 g/mol. The first-order valence-electron chi connectivity index (χ1n) is 13.0. The van der Waals surface area contributed by atoms with Crippen LogP contribution in [-0.2, 0) is 0 Å². The number of fused-ring (bicyclic) bond motifs is 9. The van der Waals surface area contributed by atoms with Crippen LogP contribution >= 0.6 is 15.9 Å². The van der Waals surface area contributed by atoms with Crippen LogP contribution in [-0.4, -0.2) is 0 Å². The lowest BCUT2D eigenvalue weighted by Gasteiger charge is -2.45. The number of hydrogen-bond acceptors (Lipinski definition) is 0. The third-order valence-corrected chi connectivity index (χ3v) is 10.2. The summed E-state index contributed by atoms with van der Waals surface area (Å²) in [5.41, 5.74) is 8.59. The molecule has 0 aromatic rings. The van der Waals surface area contributed by atoms with Crippen molar-refractivity contribution in [1.29, 1.82) is 0 Å². The fourth-order valence-electron chi connectivity index (χ4n) is 8.63. The normalized spacial score (nSPS) is 41.5. The van der Waals surface area contributed by atoms with E-state index in [1.807, 2.05) is 0 Å². The van der Waals surface area contributed by atoms with Crippen molar-refractivity contribution in [1.82, 2.24) is 0 Å². The molecule has 0 radical (unpaired) electrons. The van der Waals surface area contributed by atoms with Crippen molar-refractivity contribution in [3.05, 3.63) is 93.1 Å². The van der Waals surface area contributed by atoms with Crippen molar-refractivity contribution < 1.29 is 0 Å². The van der Waals surface area contributed by atoms with Gasteiger partial charge in [0.15, 0.2) is 0 Å². The fraction of sp³-hybridized carbons (Fsp3) is 0.484. The molecule has 164 valence electrons. The lowest BCUT2D eigenvalue weighted by atomic mass is 9.57. The summed E-state index contributed by atoms with van der Waals surface area (Å²) in [5.74, 6) is 3.10. The summed E-state index contributed by atoms with van der Waals surface area (Å²) in [5, 5.41) is 0. The van der Waals surface area contributed by atoms with Crippen molar-refractivity contribution in [2.45, 2.75) is 57.8 Å². The van der Waals surface area contributed by atoms with E-state index in [0.29, 0.717) is 29.6 Å². The Hall–Kier alpha value is -1.60. The van der Waals surface area contributed by atoms with Gasteiger partial charge in [-0.05, 0) is 115 Å². The van der Waals surface area contributed by atoms with Crippen LogP contribution in [0.3, 0.4) is 0 Å². The third kappa shape index (κ3) is 2.61. The van der Waals surface area contributed by atoms with Crippen LogP contribution < -0.4 is 0 Å². The highest BCUT2D eigenvalue weighted by Gasteiger charge is 2.66. The van der Waals surface area contributed by atoms with Crippen LogP contribution in [0, 0.1) is 35.0 Å². The van der Waals surface area contributed by atoms with E-state index in [4.69, 9.17) is 0 Å². The molecular formula is C31H33Br. The molecule has 6 unspecified atom stereocenters. The van der Waals surface area contributed by atoms with E-state index in [1.165, 1.54) is 62.3 Å². The molecule has 7 aliphatic carbocycles. The fourth-order valence-corrected chi connectivity index (χ4v) is 9.07. The van der Waals surface area contributed by atoms with Gasteiger partial charge in [-0.1, -0.05) is 76.7 Å². The molecule has 0 bridgehead atoms. The minimum absolute atomic E-state index is 0.225. The van der Waals surface area contributed by atoms with Crippen LogP contribution in [0.1, 0.15) is 57.8 Å². The molecule has 1 heteroatoms. The van der Waals surface area contributed by atoms with E-state index in [0.717, 1.165) is 0 Å². The second-order valence-electron chi connectivity index (χ2n) is 11.0. The first-order chi connectivity index (χ1) is 15.8. The highest BCUT2D eigenvalue weighted by Crippen LogP contribution is 2.72. The van der Waals surface area contributed by atoms with Crippen LogP contribution in [0.5, 0.6) is 0 Å². The minimum Gasteiger partial charge on any atom is -0.0839 e. The van der Waals surface area contributed by atoms with E-state index in [2.05, 4.69) is 76.7 Å². The van der Waals surface area contributed by atoms with Crippen LogP contribution in [0.15, 0.2) is 93.1 Å². The summed E-state index contributed by atoms with van der Waals surface area (Å²) in [4.78, 5) is 0. The molecule has 7 rings (SSSR count). The molecule has 7 aliphatic rings. The van der Waals surface area contributed by atoms with Gasteiger partial charge in [-0.15, -0.1) is 0 Å². The zero-order valence-corrected chi connectivity index (χ0v) is 20.5. The first-order valence-corrected chi connectivity index (χ1v) is 13.8. The maximum absolute atomic E-state index is 3.89. The van der Waals surface area contributed by atoms with Crippen LogP contribution in [0.4, 0.5) is 0 Å². The topological polar surface area (TPSA) is 0 Å². The predicted molar refractivity (Wildman–Crippen MR) is 137 cm³/mol. The van der Waals surface area contributed by atoms with Crippen molar-refractivity contribution in [3.8, 4) is 0 Å². The Balaban J connectivity index is 1.46.